The standard InChI is InChI=1S/C12H19N3O4S/c1-9-7-11(16)15(12(14-9)19-2)5-4-13-10-3-6-20(17,18)8-10/h7,10,13H,3-6,8H2,1-2H3. The summed E-state index contributed by atoms with van der Waals surface area (Å²) in [6, 6.07) is 1.69. The fourth-order valence-electron chi connectivity index (χ4n) is 2.29. The van der Waals surface area contributed by atoms with Gasteiger partial charge in [-0.3, -0.25) is 9.36 Å². The molecule has 112 valence electrons. The molecule has 1 atom stereocenters. The van der Waals surface area contributed by atoms with Crippen molar-refractivity contribution in [3.63, 3.8) is 0 Å². The maximum absolute atomic E-state index is 11.9. The molecule has 0 bridgehead atoms. The second-order valence-electron chi connectivity index (χ2n) is 4.93. The maximum Gasteiger partial charge on any atom is 0.299 e. The molecule has 20 heavy (non-hydrogen) atoms. The first-order valence-electron chi connectivity index (χ1n) is 6.47. The van der Waals surface area contributed by atoms with E-state index < -0.39 is 9.84 Å². The largest absolute Gasteiger partial charge is 0.468 e. The zero-order valence-electron chi connectivity index (χ0n) is 11.6. The smallest absolute Gasteiger partial charge is 0.299 e. The quantitative estimate of drug-likeness (QED) is 0.776. The number of aryl methyl sites for hydroxylation is 1. The van der Waals surface area contributed by atoms with Crippen LogP contribution in [0.4, 0.5) is 0 Å². The average molecular weight is 301 g/mol. The summed E-state index contributed by atoms with van der Waals surface area (Å²) in [4.78, 5) is 16.0. The Morgan fingerprint density at radius 1 is 1.55 bits per heavy atom. The Kier molecular flexibility index (Phi) is 4.44. The molecule has 1 N–H and O–H groups in total. The topological polar surface area (TPSA) is 90.3 Å². The summed E-state index contributed by atoms with van der Waals surface area (Å²) in [5.74, 6) is 0.408. The molecule has 0 aliphatic carbocycles. The minimum Gasteiger partial charge on any atom is -0.468 e. The monoisotopic (exact) mass is 301 g/mol. The number of sulfone groups is 1. The summed E-state index contributed by atoms with van der Waals surface area (Å²) in [6.45, 7) is 2.63. The third kappa shape index (κ3) is 3.57. The van der Waals surface area contributed by atoms with E-state index in [-0.39, 0.29) is 29.1 Å². The van der Waals surface area contributed by atoms with Crippen molar-refractivity contribution in [1.29, 1.82) is 0 Å². The highest BCUT2D eigenvalue weighted by Gasteiger charge is 2.27. The SMILES string of the molecule is COc1nc(C)cc(=O)n1CCNC1CCS(=O)(=O)C1. The first-order valence-corrected chi connectivity index (χ1v) is 8.30. The second kappa shape index (κ2) is 5.92. The molecular weight excluding hydrogens is 282 g/mol. The van der Waals surface area contributed by atoms with Gasteiger partial charge < -0.3 is 10.1 Å². The lowest BCUT2D eigenvalue weighted by molar-refractivity contribution is 0.341. The summed E-state index contributed by atoms with van der Waals surface area (Å²) >= 11 is 0. The Bertz CT molecular complexity index is 639. The summed E-state index contributed by atoms with van der Waals surface area (Å²) in [6.07, 6.45) is 0.626. The van der Waals surface area contributed by atoms with Gasteiger partial charge in [0.05, 0.1) is 18.6 Å². The predicted molar refractivity (Wildman–Crippen MR) is 74.8 cm³/mol. The molecular formula is C12H19N3O4S. The third-order valence-electron chi connectivity index (χ3n) is 3.28. The van der Waals surface area contributed by atoms with Crippen molar-refractivity contribution in [3.8, 4) is 6.01 Å². The number of hydrogen-bond donors (Lipinski definition) is 1. The van der Waals surface area contributed by atoms with Gasteiger partial charge in [-0.1, -0.05) is 0 Å². The normalized spacial score (nSPS) is 21.0. The Labute approximate surface area is 117 Å². The molecule has 2 rings (SSSR count). The first-order chi connectivity index (χ1) is 9.41. The summed E-state index contributed by atoms with van der Waals surface area (Å²) in [5.41, 5.74) is 0.438. The van der Waals surface area contributed by atoms with E-state index in [2.05, 4.69) is 10.3 Å². The van der Waals surface area contributed by atoms with Crippen LogP contribution in [0.15, 0.2) is 10.9 Å². The number of methoxy groups -OCH3 is 1. The van der Waals surface area contributed by atoms with Gasteiger partial charge in [-0.25, -0.2) is 13.4 Å². The van der Waals surface area contributed by atoms with Crippen LogP contribution in [-0.2, 0) is 16.4 Å². The summed E-state index contributed by atoms with van der Waals surface area (Å²) < 4.78 is 29.2. The van der Waals surface area contributed by atoms with E-state index in [1.807, 2.05) is 0 Å². The van der Waals surface area contributed by atoms with E-state index in [0.29, 0.717) is 25.2 Å². The molecule has 0 aromatic carbocycles. The van der Waals surface area contributed by atoms with E-state index in [9.17, 15) is 13.2 Å². The Balaban J connectivity index is 1.96. The molecule has 1 aromatic rings. The molecule has 8 heteroatoms. The van der Waals surface area contributed by atoms with Crippen molar-refractivity contribution in [3.05, 3.63) is 22.1 Å². The fourth-order valence-corrected chi connectivity index (χ4v) is 4.00. The molecule has 0 amide bonds. The van der Waals surface area contributed by atoms with Gasteiger partial charge in [0, 0.05) is 30.9 Å². The van der Waals surface area contributed by atoms with E-state index in [0.717, 1.165) is 0 Å². The van der Waals surface area contributed by atoms with Crippen LogP contribution in [0.1, 0.15) is 12.1 Å². The molecule has 1 saturated heterocycles. The molecule has 7 nitrogen and oxygen atoms in total. The molecule has 1 fully saturated rings. The van der Waals surface area contributed by atoms with Crippen molar-refractivity contribution in [2.24, 2.45) is 0 Å². The predicted octanol–water partition coefficient (Wildman–Crippen LogP) is -0.663. The zero-order chi connectivity index (χ0) is 14.8. The van der Waals surface area contributed by atoms with Crippen molar-refractivity contribution < 1.29 is 13.2 Å². The summed E-state index contributed by atoms with van der Waals surface area (Å²) in [5, 5.41) is 3.16. The lowest BCUT2D eigenvalue weighted by Gasteiger charge is -2.13. The number of hydrogen-bond acceptors (Lipinski definition) is 6. The molecule has 2 heterocycles. The van der Waals surface area contributed by atoms with E-state index in [1.165, 1.54) is 17.7 Å². The second-order valence-corrected chi connectivity index (χ2v) is 7.16. The van der Waals surface area contributed by atoms with Gasteiger partial charge in [0.15, 0.2) is 9.84 Å². The number of ether oxygens (including phenoxy) is 1. The fraction of sp³-hybridized carbons (Fsp3) is 0.667. The number of rotatable bonds is 5. The summed E-state index contributed by atoms with van der Waals surface area (Å²) in [7, 11) is -1.42. The van der Waals surface area contributed by atoms with Gasteiger partial charge in [-0.05, 0) is 13.3 Å². The molecule has 1 unspecified atom stereocenters. The van der Waals surface area contributed by atoms with Crippen LogP contribution in [0.2, 0.25) is 0 Å². The van der Waals surface area contributed by atoms with Crippen LogP contribution >= 0.6 is 0 Å². The van der Waals surface area contributed by atoms with Crippen LogP contribution in [0, 0.1) is 6.92 Å². The molecule has 1 aliphatic heterocycles. The molecule has 0 spiro atoms. The highest BCUT2D eigenvalue weighted by atomic mass is 32.2. The first kappa shape index (κ1) is 15.0. The molecule has 1 aliphatic rings. The average Bonchev–Trinajstić information content (AvgIpc) is 2.71. The lowest BCUT2D eigenvalue weighted by Crippen LogP contribution is -2.35. The van der Waals surface area contributed by atoms with Gasteiger partial charge in [0.1, 0.15) is 0 Å². The van der Waals surface area contributed by atoms with Crippen molar-refractivity contribution >= 4 is 9.84 Å². The van der Waals surface area contributed by atoms with Gasteiger partial charge in [0.25, 0.3) is 11.6 Å². The highest BCUT2D eigenvalue weighted by Crippen LogP contribution is 2.11. The third-order valence-corrected chi connectivity index (χ3v) is 5.05. The number of nitrogens with zero attached hydrogens (tertiary/aromatic N) is 2. The number of aromatic nitrogens is 2. The van der Waals surface area contributed by atoms with Gasteiger partial charge in [0.2, 0.25) is 0 Å². The van der Waals surface area contributed by atoms with Crippen molar-refractivity contribution in [2.75, 3.05) is 25.2 Å². The van der Waals surface area contributed by atoms with Crippen LogP contribution in [-0.4, -0.2) is 49.2 Å². The highest BCUT2D eigenvalue weighted by molar-refractivity contribution is 7.91. The van der Waals surface area contributed by atoms with E-state index in [4.69, 9.17) is 4.74 Å². The Morgan fingerprint density at radius 2 is 2.30 bits per heavy atom. The van der Waals surface area contributed by atoms with E-state index >= 15 is 0 Å². The minimum atomic E-state index is -2.89. The van der Waals surface area contributed by atoms with Crippen LogP contribution in [0.3, 0.4) is 0 Å². The van der Waals surface area contributed by atoms with Crippen LogP contribution < -0.4 is 15.6 Å². The van der Waals surface area contributed by atoms with Crippen LogP contribution in [0.5, 0.6) is 6.01 Å². The van der Waals surface area contributed by atoms with Gasteiger partial charge >= 0.3 is 0 Å². The Morgan fingerprint density at radius 3 is 2.90 bits per heavy atom. The molecule has 1 aromatic heterocycles. The minimum absolute atomic E-state index is 0.0277. The lowest BCUT2D eigenvalue weighted by atomic mass is 10.2. The number of nitrogens with one attached hydrogen (secondary N) is 1. The van der Waals surface area contributed by atoms with E-state index in [1.54, 1.807) is 6.92 Å². The Hall–Kier alpha value is -1.41. The van der Waals surface area contributed by atoms with Gasteiger partial charge in [-0.2, -0.15) is 0 Å². The molecule has 0 radical (unpaired) electrons. The van der Waals surface area contributed by atoms with Crippen molar-refractivity contribution in [1.82, 2.24) is 14.9 Å². The zero-order valence-corrected chi connectivity index (χ0v) is 12.4. The maximum atomic E-state index is 11.9. The van der Waals surface area contributed by atoms with Crippen LogP contribution in [0.25, 0.3) is 0 Å². The molecule has 0 saturated carbocycles. The van der Waals surface area contributed by atoms with Gasteiger partial charge in [-0.15, -0.1) is 0 Å². The van der Waals surface area contributed by atoms with Crippen molar-refractivity contribution in [2.45, 2.75) is 25.9 Å².